The van der Waals surface area contributed by atoms with Crippen LogP contribution in [0, 0.1) is 0 Å². The van der Waals surface area contributed by atoms with E-state index in [1.807, 2.05) is 65.7 Å². The highest BCUT2D eigenvalue weighted by atomic mass is 32.2. The second-order valence-electron chi connectivity index (χ2n) is 8.38. The minimum absolute atomic E-state index is 0.0524. The topological polar surface area (TPSA) is 72.4 Å². The number of hydrazone groups is 1. The van der Waals surface area contributed by atoms with Crippen molar-refractivity contribution in [2.45, 2.75) is 17.6 Å². The van der Waals surface area contributed by atoms with Gasteiger partial charge in [0, 0.05) is 12.0 Å². The molecule has 35 heavy (non-hydrogen) atoms. The van der Waals surface area contributed by atoms with Gasteiger partial charge in [0.05, 0.1) is 30.9 Å². The van der Waals surface area contributed by atoms with Crippen LogP contribution < -0.4 is 19.5 Å². The van der Waals surface area contributed by atoms with E-state index in [1.54, 1.807) is 14.2 Å². The predicted octanol–water partition coefficient (Wildman–Crippen LogP) is 4.76. The molecule has 2 atom stereocenters. The first kappa shape index (κ1) is 21.6. The number of nitrogens with one attached hydrogen (secondary N) is 1. The summed E-state index contributed by atoms with van der Waals surface area (Å²) in [6, 6.07) is 23.5. The van der Waals surface area contributed by atoms with E-state index < -0.39 is 5.18 Å². The summed E-state index contributed by atoms with van der Waals surface area (Å²) < 4.78 is 17.2. The number of hydrogen-bond donors (Lipinski definition) is 1. The SMILES string of the molecule is COc1ccc(/C=C2\SC3(NC2=O)Oc2ccccc2C2CC(c4ccccc4)=NN23)cc1OC. The maximum absolute atomic E-state index is 13.2. The largest absolute Gasteiger partial charge is 0.493 e. The van der Waals surface area contributed by atoms with Gasteiger partial charge in [-0.2, -0.15) is 5.10 Å². The van der Waals surface area contributed by atoms with Gasteiger partial charge in [-0.1, -0.05) is 54.6 Å². The number of amides is 1. The fraction of sp³-hybridized carbons (Fsp3) is 0.185. The monoisotopic (exact) mass is 485 g/mol. The summed E-state index contributed by atoms with van der Waals surface area (Å²) in [5.74, 6) is 1.76. The van der Waals surface area contributed by atoms with Crippen LogP contribution in [0.2, 0.25) is 0 Å². The van der Waals surface area contributed by atoms with Crippen LogP contribution in [0.15, 0.2) is 82.8 Å². The van der Waals surface area contributed by atoms with E-state index >= 15 is 0 Å². The maximum Gasteiger partial charge on any atom is 0.336 e. The zero-order valence-electron chi connectivity index (χ0n) is 19.2. The number of para-hydroxylation sites is 1. The standard InChI is InChI=1S/C27H23N3O4S/c1-32-23-13-12-17(14-24(23)33-2)15-25-26(31)28-27(35-25)30-21(19-10-6-7-11-22(19)34-27)16-20(29-30)18-8-4-3-5-9-18/h3-15,21H,16H2,1-2H3,(H,28,31)/b25-15-. The van der Waals surface area contributed by atoms with Crippen molar-refractivity contribution in [1.82, 2.24) is 10.3 Å². The van der Waals surface area contributed by atoms with E-state index in [0.717, 1.165) is 34.6 Å². The van der Waals surface area contributed by atoms with Gasteiger partial charge in [-0.15, -0.1) is 0 Å². The normalized spacial score (nSPS) is 23.4. The Labute approximate surface area is 207 Å². The summed E-state index contributed by atoms with van der Waals surface area (Å²) >= 11 is 1.32. The molecule has 0 bridgehead atoms. The first-order chi connectivity index (χ1) is 17.1. The summed E-state index contributed by atoms with van der Waals surface area (Å²) in [5, 5.41) is 8.76. The lowest BCUT2D eigenvalue weighted by Crippen LogP contribution is -2.58. The number of carbonyl (C=O) groups is 1. The third-order valence-corrected chi connectivity index (χ3v) is 7.47. The quantitative estimate of drug-likeness (QED) is 0.537. The van der Waals surface area contributed by atoms with Gasteiger partial charge < -0.3 is 14.2 Å². The van der Waals surface area contributed by atoms with E-state index in [-0.39, 0.29) is 11.9 Å². The Balaban J connectivity index is 1.39. The zero-order chi connectivity index (χ0) is 24.0. The second-order valence-corrected chi connectivity index (χ2v) is 9.58. The molecule has 0 saturated carbocycles. The highest BCUT2D eigenvalue weighted by Crippen LogP contribution is 2.53. The molecule has 176 valence electrons. The van der Waals surface area contributed by atoms with E-state index in [2.05, 4.69) is 23.5 Å². The van der Waals surface area contributed by atoms with Crippen molar-refractivity contribution in [3.05, 3.63) is 94.4 Å². The molecule has 3 aromatic rings. The summed E-state index contributed by atoms with van der Waals surface area (Å²) in [6.07, 6.45) is 2.55. The minimum Gasteiger partial charge on any atom is -0.493 e. The molecule has 3 heterocycles. The molecule has 1 amide bonds. The molecule has 3 aliphatic heterocycles. The molecule has 0 aromatic heterocycles. The Bertz CT molecular complexity index is 1370. The average molecular weight is 486 g/mol. The number of carbonyl (C=O) groups excluding carboxylic acids is 1. The summed E-state index contributed by atoms with van der Waals surface area (Å²) in [7, 11) is 3.18. The number of rotatable bonds is 4. The van der Waals surface area contributed by atoms with Crippen LogP contribution in [0.4, 0.5) is 0 Å². The first-order valence-corrected chi connectivity index (χ1v) is 12.1. The van der Waals surface area contributed by atoms with Gasteiger partial charge in [-0.05, 0) is 47.2 Å². The average Bonchev–Trinajstić information content (AvgIpc) is 3.47. The van der Waals surface area contributed by atoms with Gasteiger partial charge in [0.1, 0.15) is 5.75 Å². The van der Waals surface area contributed by atoms with Crippen molar-refractivity contribution >= 4 is 29.5 Å². The van der Waals surface area contributed by atoms with Crippen LogP contribution in [-0.4, -0.2) is 36.0 Å². The third-order valence-electron chi connectivity index (χ3n) is 6.29. The predicted molar refractivity (Wildman–Crippen MR) is 135 cm³/mol. The van der Waals surface area contributed by atoms with Crippen molar-refractivity contribution < 1.29 is 19.0 Å². The van der Waals surface area contributed by atoms with Crippen molar-refractivity contribution in [3.8, 4) is 17.2 Å². The second kappa shape index (κ2) is 8.39. The van der Waals surface area contributed by atoms with Crippen molar-refractivity contribution in [2.75, 3.05) is 14.2 Å². The molecule has 8 heteroatoms. The number of benzene rings is 3. The molecule has 3 aliphatic rings. The van der Waals surface area contributed by atoms with Gasteiger partial charge in [0.2, 0.25) is 0 Å². The molecular weight excluding hydrogens is 462 g/mol. The van der Waals surface area contributed by atoms with Gasteiger partial charge in [-0.25, -0.2) is 5.01 Å². The zero-order valence-corrected chi connectivity index (χ0v) is 20.0. The van der Waals surface area contributed by atoms with Crippen molar-refractivity contribution in [2.24, 2.45) is 5.10 Å². The van der Waals surface area contributed by atoms with Crippen LogP contribution in [0.25, 0.3) is 6.08 Å². The lowest BCUT2D eigenvalue weighted by molar-refractivity contribution is -0.127. The number of thioether (sulfide) groups is 1. The molecule has 2 unspecified atom stereocenters. The van der Waals surface area contributed by atoms with E-state index in [4.69, 9.17) is 19.3 Å². The fourth-order valence-corrected chi connectivity index (χ4v) is 5.81. The molecule has 1 spiro atoms. The van der Waals surface area contributed by atoms with Crippen molar-refractivity contribution in [3.63, 3.8) is 0 Å². The van der Waals surface area contributed by atoms with Crippen LogP contribution in [-0.2, 0) is 4.79 Å². The molecule has 0 radical (unpaired) electrons. The number of methoxy groups -OCH3 is 2. The van der Waals surface area contributed by atoms with E-state index in [1.165, 1.54) is 11.8 Å². The molecular formula is C27H23N3O4S. The Morgan fingerprint density at radius 2 is 1.83 bits per heavy atom. The van der Waals surface area contributed by atoms with Crippen LogP contribution in [0.3, 0.4) is 0 Å². The Morgan fingerprint density at radius 3 is 2.63 bits per heavy atom. The van der Waals surface area contributed by atoms with Crippen molar-refractivity contribution in [1.29, 1.82) is 0 Å². The first-order valence-electron chi connectivity index (χ1n) is 11.3. The maximum atomic E-state index is 13.2. The molecule has 3 aromatic carbocycles. The highest BCUT2D eigenvalue weighted by molar-refractivity contribution is 8.05. The Morgan fingerprint density at radius 1 is 1.06 bits per heavy atom. The molecule has 1 saturated heterocycles. The lowest BCUT2D eigenvalue weighted by Gasteiger charge is -2.43. The number of ether oxygens (including phenoxy) is 3. The number of hydrogen-bond acceptors (Lipinski definition) is 7. The highest BCUT2D eigenvalue weighted by Gasteiger charge is 2.57. The summed E-state index contributed by atoms with van der Waals surface area (Å²) in [6.45, 7) is 0. The van der Waals surface area contributed by atoms with Crippen LogP contribution in [0.5, 0.6) is 17.2 Å². The molecule has 6 rings (SSSR count). The minimum atomic E-state index is -1.17. The number of nitrogens with zero attached hydrogens (tertiary/aromatic N) is 2. The van der Waals surface area contributed by atoms with Crippen LogP contribution >= 0.6 is 11.8 Å². The third kappa shape index (κ3) is 3.61. The van der Waals surface area contributed by atoms with E-state index in [0.29, 0.717) is 16.4 Å². The summed E-state index contributed by atoms with van der Waals surface area (Å²) in [5.41, 5.74) is 3.90. The molecule has 1 fully saturated rings. The Kier molecular flexibility index (Phi) is 5.18. The number of fused-ring (bicyclic) bond motifs is 4. The van der Waals surface area contributed by atoms with Gasteiger partial charge in [0.25, 0.3) is 5.91 Å². The van der Waals surface area contributed by atoms with E-state index in [9.17, 15) is 4.79 Å². The summed E-state index contributed by atoms with van der Waals surface area (Å²) in [4.78, 5) is 13.7. The molecule has 1 N–H and O–H groups in total. The fourth-order valence-electron chi connectivity index (χ4n) is 4.64. The smallest absolute Gasteiger partial charge is 0.336 e. The molecule has 0 aliphatic carbocycles. The van der Waals surface area contributed by atoms with Crippen LogP contribution in [0.1, 0.15) is 29.2 Å². The molecule has 7 nitrogen and oxygen atoms in total. The van der Waals surface area contributed by atoms with Gasteiger partial charge >= 0.3 is 5.18 Å². The van der Waals surface area contributed by atoms with Gasteiger partial charge in [0.15, 0.2) is 11.5 Å². The lowest BCUT2D eigenvalue weighted by atomic mass is 9.97. The van der Waals surface area contributed by atoms with Gasteiger partial charge in [-0.3, -0.25) is 10.1 Å². The Hall–Kier alpha value is -3.91.